The lowest BCUT2D eigenvalue weighted by molar-refractivity contribution is -0.128. The summed E-state index contributed by atoms with van der Waals surface area (Å²) in [6.45, 7) is 4.63. The first kappa shape index (κ1) is 25.0. The van der Waals surface area contributed by atoms with Crippen molar-refractivity contribution in [1.82, 2.24) is 25.6 Å². The summed E-state index contributed by atoms with van der Waals surface area (Å²) in [5.41, 5.74) is 0.817. The zero-order chi connectivity index (χ0) is 22.5. The molecule has 1 saturated carbocycles. The molecule has 1 heterocycles. The van der Waals surface area contributed by atoms with Gasteiger partial charge in [-0.1, -0.05) is 37.3 Å². The second-order valence-electron chi connectivity index (χ2n) is 8.92. The summed E-state index contributed by atoms with van der Waals surface area (Å²) in [5, 5.41) is 14.0. The van der Waals surface area contributed by atoms with Gasteiger partial charge in [-0.25, -0.2) is 4.68 Å². The Labute approximate surface area is 185 Å². The van der Waals surface area contributed by atoms with Crippen LogP contribution >= 0.6 is 0 Å². The minimum absolute atomic E-state index is 0.0105. The number of carbonyl (C=O) groups is 3. The number of nitrogens with one attached hydrogen (secondary N) is 2. The fraction of sp³-hybridized carbons (Fsp3) is 0.783. The quantitative estimate of drug-likeness (QED) is 0.389. The maximum atomic E-state index is 12.5. The molecule has 1 atom stereocenters. The van der Waals surface area contributed by atoms with E-state index in [9.17, 15) is 14.4 Å². The van der Waals surface area contributed by atoms with E-state index in [0.717, 1.165) is 50.5 Å². The average molecular weight is 434 g/mol. The average Bonchev–Trinajstić information content (AvgIpc) is 3.20. The number of aromatic nitrogens is 3. The van der Waals surface area contributed by atoms with Crippen LogP contribution in [-0.2, 0) is 20.8 Å². The lowest BCUT2D eigenvalue weighted by atomic mass is 9.90. The summed E-state index contributed by atoms with van der Waals surface area (Å²) < 4.78 is 1.78. The lowest BCUT2D eigenvalue weighted by Gasteiger charge is -2.21. The zero-order valence-corrected chi connectivity index (χ0v) is 19.1. The Bertz CT molecular complexity index is 681. The molecule has 0 aromatic carbocycles. The van der Waals surface area contributed by atoms with Crippen LogP contribution in [0.2, 0.25) is 0 Å². The second kappa shape index (κ2) is 13.9. The molecule has 2 amide bonds. The highest BCUT2D eigenvalue weighted by atomic mass is 16.2. The molecule has 1 aromatic heterocycles. The molecule has 8 heteroatoms. The molecule has 2 rings (SSSR count). The molecular weight excluding hydrogens is 394 g/mol. The predicted molar refractivity (Wildman–Crippen MR) is 119 cm³/mol. The van der Waals surface area contributed by atoms with Crippen molar-refractivity contribution in [1.29, 1.82) is 0 Å². The molecule has 8 nitrogen and oxygen atoms in total. The fourth-order valence-electron chi connectivity index (χ4n) is 3.92. The van der Waals surface area contributed by atoms with E-state index in [1.54, 1.807) is 4.68 Å². The van der Waals surface area contributed by atoms with Crippen LogP contribution in [0.25, 0.3) is 0 Å². The Morgan fingerprint density at radius 1 is 1.16 bits per heavy atom. The zero-order valence-electron chi connectivity index (χ0n) is 19.1. The molecule has 1 aliphatic carbocycles. The van der Waals surface area contributed by atoms with Crippen molar-refractivity contribution in [2.24, 2.45) is 5.92 Å². The van der Waals surface area contributed by atoms with E-state index < -0.39 is 6.04 Å². The van der Waals surface area contributed by atoms with Gasteiger partial charge in [0.05, 0.1) is 11.7 Å². The molecule has 0 spiro atoms. The summed E-state index contributed by atoms with van der Waals surface area (Å²) in [5.74, 6) is 0.0643. The van der Waals surface area contributed by atoms with Gasteiger partial charge in [-0.3, -0.25) is 9.59 Å². The van der Waals surface area contributed by atoms with Gasteiger partial charge in [0, 0.05) is 37.5 Å². The molecule has 0 radical (unpaired) electrons. The van der Waals surface area contributed by atoms with Crippen LogP contribution in [0.1, 0.15) is 96.2 Å². The van der Waals surface area contributed by atoms with Crippen molar-refractivity contribution in [3.05, 3.63) is 11.9 Å². The van der Waals surface area contributed by atoms with Gasteiger partial charge in [0.1, 0.15) is 6.29 Å². The van der Waals surface area contributed by atoms with E-state index in [1.165, 1.54) is 19.3 Å². The number of hydrogen-bond donors (Lipinski definition) is 2. The highest BCUT2D eigenvalue weighted by Crippen LogP contribution is 2.22. The first-order chi connectivity index (χ1) is 15.0. The summed E-state index contributed by atoms with van der Waals surface area (Å²) in [4.78, 5) is 35.9. The van der Waals surface area contributed by atoms with Gasteiger partial charge in [-0.15, -0.1) is 5.10 Å². The van der Waals surface area contributed by atoms with E-state index in [1.807, 2.05) is 20.0 Å². The van der Waals surface area contributed by atoms with E-state index in [-0.39, 0.29) is 23.8 Å². The monoisotopic (exact) mass is 433 g/mol. The summed E-state index contributed by atoms with van der Waals surface area (Å²) in [7, 11) is 0. The number of rotatable bonds is 12. The third kappa shape index (κ3) is 9.61. The first-order valence-corrected chi connectivity index (χ1v) is 11.9. The minimum Gasteiger partial charge on any atom is -0.356 e. The number of unbranched alkanes of at least 4 members (excludes halogenated alkanes) is 1. The number of aryl methyl sites for hydroxylation is 1. The van der Waals surface area contributed by atoms with Crippen LogP contribution < -0.4 is 10.6 Å². The number of aldehydes is 1. The van der Waals surface area contributed by atoms with Crippen LogP contribution in [0.5, 0.6) is 0 Å². The maximum Gasteiger partial charge on any atom is 0.223 e. The molecule has 0 bridgehead atoms. The molecule has 1 fully saturated rings. The van der Waals surface area contributed by atoms with E-state index >= 15 is 0 Å². The molecule has 174 valence electrons. The molecule has 1 aliphatic rings. The smallest absolute Gasteiger partial charge is 0.223 e. The number of amides is 2. The standard InChI is InChI=1S/C23H39N5O3/c1-18(2)28-16-20(26-27-28)13-14-22(30)24-15-9-8-12-21(17-29)25-23(31)19-10-6-4-3-5-7-11-19/h16-19,21H,3-15H2,1-2H3,(H,24,30)(H,25,31)/t21-/m0/s1. The second-order valence-corrected chi connectivity index (χ2v) is 8.92. The van der Waals surface area contributed by atoms with Crippen molar-refractivity contribution >= 4 is 18.1 Å². The first-order valence-electron chi connectivity index (χ1n) is 11.9. The Hall–Kier alpha value is -2.25. The third-order valence-electron chi connectivity index (χ3n) is 5.93. The fourth-order valence-corrected chi connectivity index (χ4v) is 3.92. The largest absolute Gasteiger partial charge is 0.356 e. The van der Waals surface area contributed by atoms with Crippen LogP contribution in [0.3, 0.4) is 0 Å². The molecule has 2 N–H and O–H groups in total. The van der Waals surface area contributed by atoms with Gasteiger partial charge in [-0.2, -0.15) is 0 Å². The Morgan fingerprint density at radius 2 is 1.87 bits per heavy atom. The van der Waals surface area contributed by atoms with Gasteiger partial charge >= 0.3 is 0 Å². The SMILES string of the molecule is CC(C)n1cc(CCC(=O)NCCCC[C@@H](C=O)NC(=O)C2CCCCCCC2)nn1. The highest BCUT2D eigenvalue weighted by molar-refractivity contribution is 5.81. The van der Waals surface area contributed by atoms with Crippen molar-refractivity contribution < 1.29 is 14.4 Å². The van der Waals surface area contributed by atoms with Gasteiger partial charge in [0.25, 0.3) is 0 Å². The molecule has 31 heavy (non-hydrogen) atoms. The maximum absolute atomic E-state index is 12.5. The normalized spacial score (nSPS) is 16.4. The molecular formula is C23H39N5O3. The van der Waals surface area contributed by atoms with Gasteiger partial charge in [-0.05, 0) is 46.0 Å². The molecule has 0 saturated heterocycles. The van der Waals surface area contributed by atoms with Crippen LogP contribution in [0, 0.1) is 5.92 Å². The molecule has 1 aromatic rings. The van der Waals surface area contributed by atoms with Crippen LogP contribution in [0.4, 0.5) is 0 Å². The van der Waals surface area contributed by atoms with E-state index in [4.69, 9.17) is 0 Å². The Morgan fingerprint density at radius 3 is 2.52 bits per heavy atom. The van der Waals surface area contributed by atoms with Gasteiger partial charge < -0.3 is 15.4 Å². The van der Waals surface area contributed by atoms with Gasteiger partial charge in [0.2, 0.25) is 11.8 Å². The Kier molecular flexibility index (Phi) is 11.2. The van der Waals surface area contributed by atoms with Crippen molar-refractivity contribution in [3.63, 3.8) is 0 Å². The van der Waals surface area contributed by atoms with E-state index in [2.05, 4.69) is 20.9 Å². The third-order valence-corrected chi connectivity index (χ3v) is 5.93. The minimum atomic E-state index is -0.433. The van der Waals surface area contributed by atoms with Crippen LogP contribution in [0.15, 0.2) is 6.20 Å². The summed E-state index contributed by atoms with van der Waals surface area (Å²) >= 11 is 0. The molecule has 0 unspecified atom stereocenters. The Balaban J connectivity index is 1.57. The topological polar surface area (TPSA) is 106 Å². The predicted octanol–water partition coefficient (Wildman–Crippen LogP) is 3.12. The lowest BCUT2D eigenvalue weighted by Crippen LogP contribution is -2.40. The van der Waals surface area contributed by atoms with Crippen LogP contribution in [-0.4, -0.2) is 45.7 Å². The van der Waals surface area contributed by atoms with Gasteiger partial charge in [0.15, 0.2) is 0 Å². The number of nitrogens with zero attached hydrogens (tertiary/aromatic N) is 3. The highest BCUT2D eigenvalue weighted by Gasteiger charge is 2.21. The van der Waals surface area contributed by atoms with Crippen molar-refractivity contribution in [2.45, 2.75) is 103 Å². The van der Waals surface area contributed by atoms with E-state index in [0.29, 0.717) is 25.8 Å². The number of carbonyl (C=O) groups excluding carboxylic acids is 3. The summed E-state index contributed by atoms with van der Waals surface area (Å²) in [6, 6.07) is -0.177. The van der Waals surface area contributed by atoms with Crippen molar-refractivity contribution in [3.8, 4) is 0 Å². The number of hydrogen-bond acceptors (Lipinski definition) is 5. The van der Waals surface area contributed by atoms with Crippen molar-refractivity contribution in [2.75, 3.05) is 6.54 Å². The summed E-state index contributed by atoms with van der Waals surface area (Å²) in [6.07, 6.45) is 13.5. The molecule has 0 aliphatic heterocycles.